The number of nitrogens with zero attached hydrogens (tertiary/aromatic N) is 3. The normalized spacial score (nSPS) is 12.0. The summed E-state index contributed by atoms with van der Waals surface area (Å²) >= 11 is 0. The van der Waals surface area contributed by atoms with Crippen LogP contribution in [0.5, 0.6) is 0 Å². The highest BCUT2D eigenvalue weighted by Gasteiger charge is 2.23. The topological polar surface area (TPSA) is 76.4 Å². The molecule has 0 bridgehead atoms. The van der Waals surface area contributed by atoms with Gasteiger partial charge in [-0.25, -0.2) is 31.4 Å². The van der Waals surface area contributed by atoms with Gasteiger partial charge in [0.2, 0.25) is 10.0 Å². The molecule has 3 rings (SSSR count). The van der Waals surface area contributed by atoms with Gasteiger partial charge in [-0.1, -0.05) is 6.07 Å². The molecule has 3 aromatic rings. The van der Waals surface area contributed by atoms with Crippen molar-refractivity contribution in [3.63, 3.8) is 0 Å². The first-order chi connectivity index (χ1) is 11.9. The molecule has 0 unspecified atom stereocenters. The summed E-state index contributed by atoms with van der Waals surface area (Å²) in [7, 11) is -4.24. The molecule has 132 valence electrons. The lowest BCUT2D eigenvalue weighted by molar-refractivity contribution is 0.513. The molecule has 0 aliphatic heterocycles. The van der Waals surface area contributed by atoms with Crippen LogP contribution in [0, 0.1) is 18.6 Å². The fourth-order valence-electron chi connectivity index (χ4n) is 2.47. The number of sulfonamides is 1. The molecule has 2 heterocycles. The highest BCUT2D eigenvalue weighted by molar-refractivity contribution is 7.89. The number of hydrogen-bond donors (Lipinski definition) is 1. The van der Waals surface area contributed by atoms with Gasteiger partial charge in [-0.15, -0.1) is 0 Å². The molecule has 0 spiro atoms. The van der Waals surface area contributed by atoms with Crippen molar-refractivity contribution in [3.05, 3.63) is 59.6 Å². The van der Waals surface area contributed by atoms with E-state index < -0.39 is 26.6 Å². The number of aryl methyl sites for hydroxylation is 2. The number of fused-ring (bicyclic) bond motifs is 1. The number of nitrogens with one attached hydrogen (secondary N) is 1. The van der Waals surface area contributed by atoms with Gasteiger partial charge in [-0.3, -0.25) is 0 Å². The summed E-state index contributed by atoms with van der Waals surface area (Å²) in [4.78, 5) is 3.31. The van der Waals surface area contributed by atoms with Crippen LogP contribution in [-0.4, -0.2) is 29.6 Å². The third-order valence-electron chi connectivity index (χ3n) is 3.61. The van der Waals surface area contributed by atoms with Crippen LogP contribution in [0.3, 0.4) is 0 Å². The van der Waals surface area contributed by atoms with E-state index in [1.807, 2.05) is 19.2 Å². The maximum Gasteiger partial charge on any atom is 0.246 e. The number of aromatic nitrogens is 3. The zero-order valence-electron chi connectivity index (χ0n) is 13.4. The van der Waals surface area contributed by atoms with Gasteiger partial charge in [0, 0.05) is 25.0 Å². The summed E-state index contributed by atoms with van der Waals surface area (Å²) in [5, 5.41) is 4.26. The van der Waals surface area contributed by atoms with Crippen molar-refractivity contribution < 1.29 is 17.2 Å². The SMILES string of the molecule is Cc1cc2ncc(CCCNS(=O)(=O)c3c(F)cccc3F)cn2n1. The average Bonchev–Trinajstić information content (AvgIpc) is 2.90. The van der Waals surface area contributed by atoms with Crippen LogP contribution < -0.4 is 4.72 Å². The summed E-state index contributed by atoms with van der Waals surface area (Å²) in [6.07, 6.45) is 4.51. The molecule has 0 aliphatic carbocycles. The molecule has 6 nitrogen and oxygen atoms in total. The smallest absolute Gasteiger partial charge is 0.237 e. The second-order valence-electron chi connectivity index (χ2n) is 5.60. The molecular weight excluding hydrogens is 350 g/mol. The highest BCUT2D eigenvalue weighted by Crippen LogP contribution is 2.18. The Morgan fingerprint density at radius 3 is 2.68 bits per heavy atom. The van der Waals surface area contributed by atoms with Gasteiger partial charge in [-0.05, 0) is 37.5 Å². The Kier molecular flexibility index (Phi) is 4.78. The Morgan fingerprint density at radius 1 is 1.24 bits per heavy atom. The molecule has 0 radical (unpaired) electrons. The van der Waals surface area contributed by atoms with Crippen molar-refractivity contribution in [1.29, 1.82) is 0 Å². The van der Waals surface area contributed by atoms with Crippen molar-refractivity contribution in [1.82, 2.24) is 19.3 Å². The van der Waals surface area contributed by atoms with Crippen molar-refractivity contribution >= 4 is 15.7 Å². The Balaban J connectivity index is 1.62. The van der Waals surface area contributed by atoms with Gasteiger partial charge < -0.3 is 0 Å². The lowest BCUT2D eigenvalue weighted by atomic mass is 10.2. The fraction of sp³-hybridized carbons (Fsp3) is 0.250. The highest BCUT2D eigenvalue weighted by atomic mass is 32.2. The first kappa shape index (κ1) is 17.4. The van der Waals surface area contributed by atoms with E-state index in [1.54, 1.807) is 10.7 Å². The van der Waals surface area contributed by atoms with Gasteiger partial charge >= 0.3 is 0 Å². The van der Waals surface area contributed by atoms with Gasteiger partial charge in [0.15, 0.2) is 10.5 Å². The quantitative estimate of drug-likeness (QED) is 0.679. The van der Waals surface area contributed by atoms with Crippen molar-refractivity contribution in [2.75, 3.05) is 6.54 Å². The van der Waals surface area contributed by atoms with Crippen molar-refractivity contribution in [3.8, 4) is 0 Å². The maximum absolute atomic E-state index is 13.6. The van der Waals surface area contributed by atoms with Crippen LogP contribution in [0.1, 0.15) is 17.7 Å². The molecule has 9 heteroatoms. The lowest BCUT2D eigenvalue weighted by Crippen LogP contribution is -2.27. The Labute approximate surface area is 143 Å². The predicted octanol–water partition coefficient (Wildman–Crippen LogP) is 2.23. The average molecular weight is 366 g/mol. The standard InChI is InChI=1S/C16H16F2N4O2S/c1-11-8-15-19-9-12(10-22(15)21-11)4-3-7-20-25(23,24)16-13(17)5-2-6-14(16)18/h2,5-6,8-10,20H,3-4,7H2,1H3. The van der Waals surface area contributed by atoms with Crippen molar-refractivity contribution in [2.24, 2.45) is 0 Å². The number of rotatable bonds is 6. The molecule has 0 saturated carbocycles. The van der Waals surface area contributed by atoms with Gasteiger partial charge in [0.05, 0.1) is 5.69 Å². The second-order valence-corrected chi connectivity index (χ2v) is 7.31. The molecule has 0 fully saturated rings. The predicted molar refractivity (Wildman–Crippen MR) is 87.6 cm³/mol. The lowest BCUT2D eigenvalue weighted by Gasteiger charge is -2.08. The molecule has 0 amide bonds. The summed E-state index contributed by atoms with van der Waals surface area (Å²) in [6, 6.07) is 4.78. The summed E-state index contributed by atoms with van der Waals surface area (Å²) < 4.78 is 55.2. The molecule has 0 aliphatic rings. The number of halogens is 2. The maximum atomic E-state index is 13.6. The van der Waals surface area contributed by atoms with E-state index in [0.29, 0.717) is 12.8 Å². The van der Waals surface area contributed by atoms with Gasteiger partial charge in [-0.2, -0.15) is 5.10 Å². The third kappa shape index (κ3) is 3.83. The zero-order valence-corrected chi connectivity index (χ0v) is 14.2. The summed E-state index contributed by atoms with van der Waals surface area (Å²) in [6.45, 7) is 1.91. The van der Waals surface area contributed by atoms with Gasteiger partial charge in [0.25, 0.3) is 0 Å². The third-order valence-corrected chi connectivity index (χ3v) is 5.12. The van der Waals surface area contributed by atoms with E-state index in [-0.39, 0.29) is 6.54 Å². The minimum atomic E-state index is -4.24. The minimum absolute atomic E-state index is 0.0479. The number of hydrogen-bond acceptors (Lipinski definition) is 4. The Hall–Kier alpha value is -2.39. The van der Waals surface area contributed by atoms with E-state index >= 15 is 0 Å². The van der Waals surface area contributed by atoms with Crippen LogP contribution in [0.25, 0.3) is 5.65 Å². The van der Waals surface area contributed by atoms with Crippen LogP contribution in [-0.2, 0) is 16.4 Å². The first-order valence-electron chi connectivity index (χ1n) is 7.61. The van der Waals surface area contributed by atoms with E-state index in [2.05, 4.69) is 14.8 Å². The summed E-state index contributed by atoms with van der Waals surface area (Å²) in [5.74, 6) is -2.23. The minimum Gasteiger partial charge on any atom is -0.237 e. The van der Waals surface area contributed by atoms with E-state index in [9.17, 15) is 17.2 Å². The van der Waals surface area contributed by atoms with Crippen molar-refractivity contribution in [2.45, 2.75) is 24.7 Å². The van der Waals surface area contributed by atoms with E-state index in [1.165, 1.54) is 0 Å². The zero-order chi connectivity index (χ0) is 18.0. The van der Waals surface area contributed by atoms with E-state index in [4.69, 9.17) is 0 Å². The molecular formula is C16H16F2N4O2S. The van der Waals surface area contributed by atoms with Gasteiger partial charge in [0.1, 0.15) is 11.6 Å². The first-order valence-corrected chi connectivity index (χ1v) is 9.10. The second kappa shape index (κ2) is 6.85. The molecule has 0 saturated heterocycles. The van der Waals surface area contributed by atoms with Crippen LogP contribution >= 0.6 is 0 Å². The van der Waals surface area contributed by atoms with Crippen LogP contribution in [0.2, 0.25) is 0 Å². The monoisotopic (exact) mass is 366 g/mol. The van der Waals surface area contributed by atoms with Crippen LogP contribution in [0.4, 0.5) is 8.78 Å². The Bertz CT molecular complexity index is 998. The molecule has 2 aromatic heterocycles. The summed E-state index contributed by atoms with van der Waals surface area (Å²) in [5.41, 5.74) is 2.47. The fourth-order valence-corrected chi connectivity index (χ4v) is 3.68. The van der Waals surface area contributed by atoms with E-state index in [0.717, 1.165) is 35.1 Å². The number of benzene rings is 1. The van der Waals surface area contributed by atoms with Crippen LogP contribution in [0.15, 0.2) is 41.6 Å². The molecule has 0 atom stereocenters. The molecule has 25 heavy (non-hydrogen) atoms. The Morgan fingerprint density at radius 2 is 1.96 bits per heavy atom. The molecule has 1 N–H and O–H groups in total. The largest absolute Gasteiger partial charge is 0.246 e. The molecule has 1 aromatic carbocycles.